The Bertz CT molecular complexity index is 815. The Labute approximate surface area is 153 Å². The number of carbonyl (C=O) groups is 2. The number of benzene rings is 2. The molecule has 0 aromatic heterocycles. The van der Waals surface area contributed by atoms with Gasteiger partial charge in [-0.3, -0.25) is 4.79 Å². The van der Waals surface area contributed by atoms with Crippen LogP contribution in [0, 0.1) is 0 Å². The second kappa shape index (κ2) is 9.37. The standard InChI is InChI=1S/C22H22O4/c1-4-26-22(24)20(15-18-10-12-19(25-3)13-11-18)21(23)16(2)14-17-8-6-5-7-9-17/h5-15H,4H2,1-3H3/b16-14+,20-15-. The van der Waals surface area contributed by atoms with Gasteiger partial charge in [0.2, 0.25) is 0 Å². The van der Waals surface area contributed by atoms with Crippen LogP contribution in [0.5, 0.6) is 5.75 Å². The van der Waals surface area contributed by atoms with Crippen molar-refractivity contribution in [2.45, 2.75) is 13.8 Å². The van der Waals surface area contributed by atoms with Gasteiger partial charge in [-0.05, 0) is 54.8 Å². The summed E-state index contributed by atoms with van der Waals surface area (Å²) < 4.78 is 10.2. The zero-order valence-corrected chi connectivity index (χ0v) is 15.2. The number of ether oxygens (including phenoxy) is 2. The van der Waals surface area contributed by atoms with Crippen molar-refractivity contribution >= 4 is 23.9 Å². The first kappa shape index (κ1) is 19.2. The fourth-order valence-corrected chi connectivity index (χ4v) is 2.37. The molecule has 2 rings (SSSR count). The van der Waals surface area contributed by atoms with Gasteiger partial charge in [0, 0.05) is 0 Å². The zero-order chi connectivity index (χ0) is 18.9. The Morgan fingerprint density at radius 1 is 0.923 bits per heavy atom. The lowest BCUT2D eigenvalue weighted by molar-refractivity contribution is -0.139. The van der Waals surface area contributed by atoms with E-state index in [9.17, 15) is 9.59 Å². The van der Waals surface area contributed by atoms with Crippen LogP contribution >= 0.6 is 0 Å². The first-order valence-electron chi connectivity index (χ1n) is 8.36. The molecule has 0 spiro atoms. The summed E-state index contributed by atoms with van der Waals surface area (Å²) in [6.07, 6.45) is 3.30. The number of hydrogen-bond acceptors (Lipinski definition) is 4. The van der Waals surface area contributed by atoms with Gasteiger partial charge in [0.05, 0.1) is 13.7 Å². The molecule has 0 N–H and O–H groups in total. The quantitative estimate of drug-likeness (QED) is 0.323. The Kier molecular flexibility index (Phi) is 6.92. The average molecular weight is 350 g/mol. The van der Waals surface area contributed by atoms with Crippen molar-refractivity contribution in [1.29, 1.82) is 0 Å². The van der Waals surface area contributed by atoms with Gasteiger partial charge < -0.3 is 9.47 Å². The Morgan fingerprint density at radius 2 is 1.54 bits per heavy atom. The van der Waals surface area contributed by atoms with Gasteiger partial charge in [0.25, 0.3) is 0 Å². The van der Waals surface area contributed by atoms with Crippen molar-refractivity contribution in [3.05, 3.63) is 76.9 Å². The summed E-state index contributed by atoms with van der Waals surface area (Å²) in [5, 5.41) is 0. The van der Waals surface area contributed by atoms with Crippen LogP contribution in [-0.2, 0) is 14.3 Å². The van der Waals surface area contributed by atoms with E-state index in [4.69, 9.17) is 9.47 Å². The third kappa shape index (κ3) is 5.18. The van der Waals surface area contributed by atoms with E-state index in [2.05, 4.69) is 0 Å². The second-order valence-electron chi connectivity index (χ2n) is 5.62. The molecule has 0 fully saturated rings. The van der Waals surface area contributed by atoms with E-state index in [0.717, 1.165) is 11.1 Å². The first-order chi connectivity index (χ1) is 12.5. The van der Waals surface area contributed by atoms with Crippen LogP contribution in [0.25, 0.3) is 12.2 Å². The maximum absolute atomic E-state index is 12.8. The van der Waals surface area contributed by atoms with E-state index >= 15 is 0 Å². The van der Waals surface area contributed by atoms with Crippen molar-refractivity contribution in [3.8, 4) is 5.75 Å². The smallest absolute Gasteiger partial charge is 0.342 e. The summed E-state index contributed by atoms with van der Waals surface area (Å²) in [5.41, 5.74) is 2.08. The molecular weight excluding hydrogens is 328 g/mol. The van der Waals surface area contributed by atoms with Gasteiger partial charge >= 0.3 is 5.97 Å². The molecule has 26 heavy (non-hydrogen) atoms. The lowest BCUT2D eigenvalue weighted by atomic mass is 10.00. The first-order valence-corrected chi connectivity index (χ1v) is 8.36. The van der Waals surface area contributed by atoms with E-state index in [1.54, 1.807) is 57.4 Å². The third-order valence-corrected chi connectivity index (χ3v) is 3.71. The molecule has 2 aromatic carbocycles. The van der Waals surface area contributed by atoms with Crippen LogP contribution < -0.4 is 4.74 Å². The minimum atomic E-state index is -0.630. The molecule has 0 aliphatic carbocycles. The highest BCUT2D eigenvalue weighted by atomic mass is 16.5. The molecule has 4 heteroatoms. The Hall–Kier alpha value is -3.14. The molecule has 0 amide bonds. The predicted molar refractivity (Wildman–Crippen MR) is 103 cm³/mol. The van der Waals surface area contributed by atoms with Crippen LogP contribution in [0.4, 0.5) is 0 Å². The number of carbonyl (C=O) groups excluding carboxylic acids is 2. The number of hydrogen-bond donors (Lipinski definition) is 0. The molecule has 134 valence electrons. The molecule has 0 bridgehead atoms. The van der Waals surface area contributed by atoms with Gasteiger partial charge in [-0.2, -0.15) is 0 Å². The molecule has 0 unspecified atom stereocenters. The van der Waals surface area contributed by atoms with E-state index in [1.165, 1.54) is 0 Å². The summed E-state index contributed by atoms with van der Waals surface area (Å²) in [6.45, 7) is 3.60. The van der Waals surface area contributed by atoms with Crippen molar-refractivity contribution in [1.82, 2.24) is 0 Å². The molecule has 2 aromatic rings. The predicted octanol–water partition coefficient (Wildman–Crippen LogP) is 4.31. The van der Waals surface area contributed by atoms with E-state index in [0.29, 0.717) is 11.3 Å². The van der Waals surface area contributed by atoms with Crippen molar-refractivity contribution < 1.29 is 19.1 Å². The largest absolute Gasteiger partial charge is 0.497 e. The second-order valence-corrected chi connectivity index (χ2v) is 5.62. The minimum absolute atomic E-state index is 0.00157. The maximum Gasteiger partial charge on any atom is 0.342 e. The summed E-state index contributed by atoms with van der Waals surface area (Å²) in [6, 6.07) is 16.6. The molecule has 0 heterocycles. The van der Waals surface area contributed by atoms with Crippen LogP contribution in [0.15, 0.2) is 65.7 Å². The van der Waals surface area contributed by atoms with Gasteiger partial charge in [-0.1, -0.05) is 42.5 Å². The lowest BCUT2D eigenvalue weighted by Crippen LogP contribution is -2.16. The van der Waals surface area contributed by atoms with Crippen molar-refractivity contribution in [3.63, 3.8) is 0 Å². The van der Waals surface area contributed by atoms with Crippen LogP contribution in [0.1, 0.15) is 25.0 Å². The number of methoxy groups -OCH3 is 1. The van der Waals surface area contributed by atoms with Gasteiger partial charge in [-0.25, -0.2) is 4.79 Å². The van der Waals surface area contributed by atoms with Crippen LogP contribution in [-0.4, -0.2) is 25.5 Å². The van der Waals surface area contributed by atoms with Gasteiger partial charge in [0.1, 0.15) is 11.3 Å². The van der Waals surface area contributed by atoms with E-state index in [-0.39, 0.29) is 18.0 Å². The normalized spacial score (nSPS) is 11.8. The number of Topliss-reactive ketones (excluding diaryl/α,β-unsaturated/α-hetero) is 1. The van der Waals surface area contributed by atoms with Gasteiger partial charge in [0.15, 0.2) is 5.78 Å². The topological polar surface area (TPSA) is 52.6 Å². The average Bonchev–Trinajstić information content (AvgIpc) is 2.67. The number of ketones is 1. The fourth-order valence-electron chi connectivity index (χ4n) is 2.37. The van der Waals surface area contributed by atoms with Crippen molar-refractivity contribution in [2.24, 2.45) is 0 Å². The molecule has 0 atom stereocenters. The Morgan fingerprint density at radius 3 is 2.12 bits per heavy atom. The summed E-state index contributed by atoms with van der Waals surface area (Å²) >= 11 is 0. The molecule has 0 aliphatic rings. The van der Waals surface area contributed by atoms with Gasteiger partial charge in [-0.15, -0.1) is 0 Å². The maximum atomic E-state index is 12.8. The number of esters is 1. The van der Waals surface area contributed by atoms with Crippen LogP contribution in [0.2, 0.25) is 0 Å². The molecule has 0 saturated carbocycles. The zero-order valence-electron chi connectivity index (χ0n) is 15.2. The lowest BCUT2D eigenvalue weighted by Gasteiger charge is -2.08. The summed E-state index contributed by atoms with van der Waals surface area (Å²) in [5.74, 6) is -0.288. The summed E-state index contributed by atoms with van der Waals surface area (Å²) in [7, 11) is 1.58. The molecule has 4 nitrogen and oxygen atoms in total. The summed E-state index contributed by atoms with van der Waals surface area (Å²) in [4.78, 5) is 25.1. The van der Waals surface area contributed by atoms with E-state index in [1.807, 2.05) is 30.3 Å². The highest BCUT2D eigenvalue weighted by molar-refractivity contribution is 6.27. The fraction of sp³-hybridized carbons (Fsp3) is 0.182. The van der Waals surface area contributed by atoms with Crippen LogP contribution in [0.3, 0.4) is 0 Å². The Balaban J connectivity index is 2.36. The van der Waals surface area contributed by atoms with E-state index < -0.39 is 5.97 Å². The molecule has 0 saturated heterocycles. The monoisotopic (exact) mass is 350 g/mol. The third-order valence-electron chi connectivity index (χ3n) is 3.71. The molecule has 0 radical (unpaired) electrons. The number of rotatable bonds is 7. The highest BCUT2D eigenvalue weighted by Gasteiger charge is 2.21. The number of allylic oxidation sites excluding steroid dienone is 1. The van der Waals surface area contributed by atoms with Crippen molar-refractivity contribution in [2.75, 3.05) is 13.7 Å². The molecular formula is C22H22O4. The highest BCUT2D eigenvalue weighted by Crippen LogP contribution is 2.18. The minimum Gasteiger partial charge on any atom is -0.497 e. The molecule has 0 aliphatic heterocycles. The SMILES string of the molecule is CCOC(=O)/C(=C\c1ccc(OC)cc1)C(=O)/C(C)=C/c1ccccc1.